The highest BCUT2D eigenvalue weighted by molar-refractivity contribution is 9.10. The highest BCUT2D eigenvalue weighted by Crippen LogP contribution is 2.39. The van der Waals surface area contributed by atoms with E-state index >= 15 is 0 Å². The van der Waals surface area contributed by atoms with Gasteiger partial charge in [0, 0.05) is 18.0 Å². The molecule has 0 aliphatic carbocycles. The van der Waals surface area contributed by atoms with E-state index in [1.165, 1.54) is 0 Å². The summed E-state index contributed by atoms with van der Waals surface area (Å²) in [6.07, 6.45) is 0.854. The normalized spacial score (nSPS) is 19.8. The van der Waals surface area contributed by atoms with Crippen LogP contribution >= 0.6 is 15.9 Å². The van der Waals surface area contributed by atoms with Crippen LogP contribution in [0.25, 0.3) is 0 Å². The van der Waals surface area contributed by atoms with Crippen LogP contribution in [0.4, 0.5) is 0 Å². The molecular formula is C10H12BrNO2. The summed E-state index contributed by atoms with van der Waals surface area (Å²) in [6.45, 7) is 0.680. The second-order valence-corrected chi connectivity index (χ2v) is 4.13. The number of methoxy groups -OCH3 is 1. The number of rotatable bonds is 1. The van der Waals surface area contributed by atoms with E-state index in [9.17, 15) is 0 Å². The summed E-state index contributed by atoms with van der Waals surface area (Å²) in [5.74, 6) is 1.65. The van der Waals surface area contributed by atoms with E-state index in [4.69, 9.17) is 15.2 Å². The van der Waals surface area contributed by atoms with Gasteiger partial charge in [0.05, 0.1) is 18.2 Å². The van der Waals surface area contributed by atoms with Crippen LogP contribution in [0.5, 0.6) is 11.5 Å². The van der Waals surface area contributed by atoms with Gasteiger partial charge in [0.25, 0.3) is 0 Å². The van der Waals surface area contributed by atoms with E-state index in [1.807, 2.05) is 12.1 Å². The van der Waals surface area contributed by atoms with Crippen molar-refractivity contribution in [3.63, 3.8) is 0 Å². The molecule has 14 heavy (non-hydrogen) atoms. The number of benzene rings is 1. The first kappa shape index (κ1) is 9.80. The molecule has 0 amide bonds. The summed E-state index contributed by atoms with van der Waals surface area (Å²) in [4.78, 5) is 0. The molecule has 0 saturated heterocycles. The molecule has 1 aliphatic heterocycles. The molecule has 1 atom stereocenters. The third-order valence-corrected chi connectivity index (χ3v) is 2.95. The van der Waals surface area contributed by atoms with Crippen molar-refractivity contribution in [3.8, 4) is 11.5 Å². The van der Waals surface area contributed by atoms with Crippen molar-refractivity contribution in [2.75, 3.05) is 13.7 Å². The van der Waals surface area contributed by atoms with Crippen LogP contribution < -0.4 is 15.2 Å². The number of halogens is 1. The summed E-state index contributed by atoms with van der Waals surface area (Å²) < 4.78 is 11.6. The van der Waals surface area contributed by atoms with Crippen LogP contribution in [0.2, 0.25) is 0 Å². The number of nitrogens with two attached hydrogens (primary N) is 1. The smallest absolute Gasteiger partial charge is 0.138 e. The number of hydrogen-bond acceptors (Lipinski definition) is 3. The van der Waals surface area contributed by atoms with Gasteiger partial charge in [-0.25, -0.2) is 0 Å². The Morgan fingerprint density at radius 3 is 3.07 bits per heavy atom. The highest BCUT2D eigenvalue weighted by Gasteiger charge is 2.21. The van der Waals surface area contributed by atoms with E-state index < -0.39 is 0 Å². The monoisotopic (exact) mass is 257 g/mol. The zero-order chi connectivity index (χ0) is 10.1. The SMILES string of the molecule is COc1cc(Br)c2c(c1)[C@H](N)CCO2. The van der Waals surface area contributed by atoms with Crippen LogP contribution in [0.1, 0.15) is 18.0 Å². The molecule has 2 rings (SSSR count). The van der Waals surface area contributed by atoms with Crippen LogP contribution in [-0.2, 0) is 0 Å². The fraction of sp³-hybridized carbons (Fsp3) is 0.400. The van der Waals surface area contributed by atoms with Gasteiger partial charge in [-0.3, -0.25) is 0 Å². The lowest BCUT2D eigenvalue weighted by Gasteiger charge is -2.24. The topological polar surface area (TPSA) is 44.5 Å². The number of fused-ring (bicyclic) bond motifs is 1. The molecule has 1 aromatic rings. The summed E-state index contributed by atoms with van der Waals surface area (Å²) >= 11 is 3.44. The first-order valence-corrected chi connectivity index (χ1v) is 5.27. The molecule has 1 aliphatic rings. The molecule has 0 saturated carbocycles. The lowest BCUT2D eigenvalue weighted by atomic mass is 10.0. The maximum absolute atomic E-state index is 5.98. The Labute approximate surface area is 91.3 Å². The van der Waals surface area contributed by atoms with E-state index in [1.54, 1.807) is 7.11 Å². The third kappa shape index (κ3) is 1.60. The van der Waals surface area contributed by atoms with Crippen molar-refractivity contribution in [2.45, 2.75) is 12.5 Å². The van der Waals surface area contributed by atoms with Crippen LogP contribution in [-0.4, -0.2) is 13.7 Å². The van der Waals surface area contributed by atoms with Gasteiger partial charge < -0.3 is 15.2 Å². The summed E-state index contributed by atoms with van der Waals surface area (Å²) in [7, 11) is 1.64. The van der Waals surface area contributed by atoms with Crippen molar-refractivity contribution < 1.29 is 9.47 Å². The third-order valence-electron chi connectivity index (χ3n) is 2.36. The zero-order valence-corrected chi connectivity index (χ0v) is 9.50. The van der Waals surface area contributed by atoms with Gasteiger partial charge in [-0.05, 0) is 28.1 Å². The number of ether oxygens (including phenoxy) is 2. The van der Waals surface area contributed by atoms with Crippen molar-refractivity contribution in [1.29, 1.82) is 0 Å². The van der Waals surface area contributed by atoms with Crippen molar-refractivity contribution in [1.82, 2.24) is 0 Å². The molecule has 0 aromatic heterocycles. The van der Waals surface area contributed by atoms with Crippen LogP contribution in [0.15, 0.2) is 16.6 Å². The van der Waals surface area contributed by atoms with Crippen molar-refractivity contribution in [3.05, 3.63) is 22.2 Å². The van der Waals surface area contributed by atoms with Gasteiger partial charge in [0.2, 0.25) is 0 Å². The first-order chi connectivity index (χ1) is 6.72. The summed E-state index contributed by atoms with van der Waals surface area (Å²) in [6, 6.07) is 3.87. The maximum atomic E-state index is 5.98. The van der Waals surface area contributed by atoms with Gasteiger partial charge in [-0.15, -0.1) is 0 Å². The molecule has 4 heteroatoms. The average Bonchev–Trinajstić information content (AvgIpc) is 2.19. The minimum absolute atomic E-state index is 0.0464. The Kier molecular flexibility index (Phi) is 2.65. The summed E-state index contributed by atoms with van der Waals surface area (Å²) in [5, 5.41) is 0. The average molecular weight is 258 g/mol. The molecule has 0 unspecified atom stereocenters. The quantitative estimate of drug-likeness (QED) is 0.840. The molecule has 0 fully saturated rings. The molecule has 0 radical (unpaired) electrons. The Morgan fingerprint density at radius 1 is 1.57 bits per heavy atom. The molecule has 76 valence electrons. The van der Waals surface area contributed by atoms with E-state index in [2.05, 4.69) is 15.9 Å². The molecule has 3 nitrogen and oxygen atoms in total. The van der Waals surface area contributed by atoms with Crippen molar-refractivity contribution >= 4 is 15.9 Å². The van der Waals surface area contributed by atoms with E-state index in [-0.39, 0.29) is 6.04 Å². The number of hydrogen-bond donors (Lipinski definition) is 1. The molecule has 2 N–H and O–H groups in total. The second kappa shape index (κ2) is 3.79. The zero-order valence-electron chi connectivity index (χ0n) is 7.92. The van der Waals surface area contributed by atoms with E-state index in [0.717, 1.165) is 28.0 Å². The van der Waals surface area contributed by atoms with Crippen molar-refractivity contribution in [2.24, 2.45) is 5.73 Å². The van der Waals surface area contributed by atoms with E-state index in [0.29, 0.717) is 6.61 Å². The molecule has 0 bridgehead atoms. The maximum Gasteiger partial charge on any atom is 0.138 e. The lowest BCUT2D eigenvalue weighted by Crippen LogP contribution is -2.20. The fourth-order valence-corrected chi connectivity index (χ4v) is 2.15. The molecule has 0 spiro atoms. The minimum Gasteiger partial charge on any atom is -0.497 e. The van der Waals surface area contributed by atoms with Gasteiger partial charge >= 0.3 is 0 Å². The first-order valence-electron chi connectivity index (χ1n) is 4.48. The Morgan fingerprint density at radius 2 is 2.36 bits per heavy atom. The largest absolute Gasteiger partial charge is 0.497 e. The van der Waals surface area contributed by atoms with Gasteiger partial charge in [0.15, 0.2) is 0 Å². The van der Waals surface area contributed by atoms with Crippen LogP contribution in [0, 0.1) is 0 Å². The fourth-order valence-electron chi connectivity index (χ4n) is 1.58. The Balaban J connectivity index is 2.51. The van der Waals surface area contributed by atoms with Gasteiger partial charge in [0.1, 0.15) is 11.5 Å². The van der Waals surface area contributed by atoms with Gasteiger partial charge in [-0.1, -0.05) is 0 Å². The Hall–Kier alpha value is -0.740. The molecule has 1 aromatic carbocycles. The summed E-state index contributed by atoms with van der Waals surface area (Å²) in [5.41, 5.74) is 7.00. The Bertz CT molecular complexity index is 354. The molecule has 1 heterocycles. The predicted molar refractivity (Wildman–Crippen MR) is 57.7 cm³/mol. The van der Waals surface area contributed by atoms with Gasteiger partial charge in [-0.2, -0.15) is 0 Å². The second-order valence-electron chi connectivity index (χ2n) is 3.27. The highest BCUT2D eigenvalue weighted by atomic mass is 79.9. The standard InChI is InChI=1S/C10H12BrNO2/c1-13-6-4-7-9(12)2-3-14-10(7)8(11)5-6/h4-5,9H,2-3,12H2,1H3/t9-/m1/s1. The van der Waals surface area contributed by atoms with Crippen LogP contribution in [0.3, 0.4) is 0 Å². The predicted octanol–water partition coefficient (Wildman–Crippen LogP) is 2.24. The minimum atomic E-state index is 0.0464. The lowest BCUT2D eigenvalue weighted by molar-refractivity contribution is 0.266. The molecular weight excluding hydrogens is 246 g/mol.